The smallest absolute Gasteiger partial charge is 0.173 e. The van der Waals surface area contributed by atoms with Crippen LogP contribution in [0.15, 0.2) is 42.5 Å². The van der Waals surface area contributed by atoms with Gasteiger partial charge < -0.3 is 4.90 Å². The summed E-state index contributed by atoms with van der Waals surface area (Å²) >= 11 is 0. The van der Waals surface area contributed by atoms with Crippen molar-refractivity contribution in [2.45, 2.75) is 52.6 Å². The lowest BCUT2D eigenvalue weighted by molar-refractivity contribution is 0.187. The fourth-order valence-corrected chi connectivity index (χ4v) is 4.55. The Morgan fingerprint density at radius 3 is 2.48 bits per heavy atom. The second-order valence-corrected chi connectivity index (χ2v) is 9.50. The summed E-state index contributed by atoms with van der Waals surface area (Å²) in [5, 5.41) is 22.4. The highest BCUT2D eigenvalue weighted by molar-refractivity contribution is 5.56. The average Bonchev–Trinajstić information content (AvgIpc) is 3.32. The molecule has 2 heterocycles. The van der Waals surface area contributed by atoms with Crippen molar-refractivity contribution in [2.24, 2.45) is 0 Å². The Balaban J connectivity index is 1.68. The summed E-state index contributed by atoms with van der Waals surface area (Å²) in [5.41, 5.74) is 5.48. The van der Waals surface area contributed by atoms with Crippen molar-refractivity contribution >= 4 is 5.69 Å². The van der Waals surface area contributed by atoms with Gasteiger partial charge in [-0.3, -0.25) is 4.90 Å². The van der Waals surface area contributed by atoms with Crippen molar-refractivity contribution in [1.29, 1.82) is 5.26 Å². The van der Waals surface area contributed by atoms with Crippen LogP contribution in [0.4, 0.5) is 5.69 Å². The van der Waals surface area contributed by atoms with Crippen LogP contribution in [0.2, 0.25) is 0 Å². The first-order chi connectivity index (χ1) is 15.9. The molecule has 0 amide bonds. The Kier molecular flexibility index (Phi) is 6.48. The van der Waals surface area contributed by atoms with Crippen LogP contribution in [-0.2, 0) is 5.54 Å². The van der Waals surface area contributed by atoms with E-state index in [0.29, 0.717) is 5.56 Å². The van der Waals surface area contributed by atoms with Crippen LogP contribution >= 0.6 is 0 Å². The molecule has 4 rings (SSSR count). The number of aromatic nitrogens is 4. The zero-order valence-electron chi connectivity index (χ0n) is 20.3. The van der Waals surface area contributed by atoms with Crippen molar-refractivity contribution in [2.75, 3.05) is 31.1 Å². The van der Waals surface area contributed by atoms with Gasteiger partial charge in [0.2, 0.25) is 0 Å². The van der Waals surface area contributed by atoms with Crippen molar-refractivity contribution < 1.29 is 0 Å². The Bertz CT molecular complexity index is 1150. The Hall–Kier alpha value is -3.24. The summed E-state index contributed by atoms with van der Waals surface area (Å²) in [6.45, 7) is 14.5. The van der Waals surface area contributed by atoms with Gasteiger partial charge in [-0.1, -0.05) is 31.2 Å². The van der Waals surface area contributed by atoms with Crippen molar-refractivity contribution in [3.63, 3.8) is 0 Å². The minimum atomic E-state index is -0.204. The summed E-state index contributed by atoms with van der Waals surface area (Å²) < 4.78 is 1.97. The highest BCUT2D eigenvalue weighted by atomic mass is 15.6. The van der Waals surface area contributed by atoms with E-state index >= 15 is 0 Å². The number of anilines is 1. The van der Waals surface area contributed by atoms with E-state index in [4.69, 9.17) is 0 Å². The quantitative estimate of drug-likeness (QED) is 0.568. The molecule has 0 saturated carbocycles. The Morgan fingerprint density at radius 2 is 1.79 bits per heavy atom. The summed E-state index contributed by atoms with van der Waals surface area (Å²) in [6, 6.07) is 16.5. The summed E-state index contributed by atoms with van der Waals surface area (Å²) in [7, 11) is 0. The van der Waals surface area contributed by atoms with Crippen molar-refractivity contribution in [3.05, 3.63) is 70.5 Å². The third-order valence-corrected chi connectivity index (χ3v) is 7.10. The number of hydrogen-bond acceptors (Lipinski definition) is 6. The molecule has 1 fully saturated rings. The third kappa shape index (κ3) is 4.49. The molecular formula is C26H33N7. The molecule has 0 spiro atoms. The summed E-state index contributed by atoms with van der Waals surface area (Å²) in [4.78, 5) is 4.92. The maximum Gasteiger partial charge on any atom is 0.173 e. The molecule has 0 radical (unpaired) electrons. The van der Waals surface area contributed by atoms with Crippen molar-refractivity contribution in [1.82, 2.24) is 25.1 Å². The molecule has 0 N–H and O–H groups in total. The van der Waals surface area contributed by atoms with Gasteiger partial charge in [0.15, 0.2) is 5.82 Å². The molecule has 3 aromatic rings. The monoisotopic (exact) mass is 443 g/mol. The second-order valence-electron chi connectivity index (χ2n) is 9.50. The standard InChI is InChI=1S/C26H33N7/c1-6-26(4,5)33-25(28-29-30-33)24(22-11-8-10-21(17-22)18-27)32-15-13-31(14-16-32)23-12-7-9-19(2)20(23)3/h7-12,17,24H,6,13-16H2,1-5H3/t24-/m0/s1. The molecule has 1 atom stereocenters. The van der Waals surface area contributed by atoms with Crippen LogP contribution in [-0.4, -0.2) is 51.3 Å². The third-order valence-electron chi connectivity index (χ3n) is 7.10. The van der Waals surface area contributed by atoms with Gasteiger partial charge in [-0.2, -0.15) is 5.26 Å². The molecule has 1 aliphatic rings. The minimum Gasteiger partial charge on any atom is -0.369 e. The maximum absolute atomic E-state index is 9.50. The molecule has 172 valence electrons. The van der Waals surface area contributed by atoms with Gasteiger partial charge in [0.1, 0.15) is 0 Å². The fourth-order valence-electron chi connectivity index (χ4n) is 4.55. The molecule has 1 saturated heterocycles. The fraction of sp³-hybridized carbons (Fsp3) is 0.462. The van der Waals surface area contributed by atoms with Gasteiger partial charge in [0.25, 0.3) is 0 Å². The van der Waals surface area contributed by atoms with Gasteiger partial charge in [-0.05, 0) is 79.4 Å². The van der Waals surface area contributed by atoms with Crippen LogP contribution in [0.1, 0.15) is 61.3 Å². The second kappa shape index (κ2) is 9.32. The molecule has 1 aromatic heterocycles. The zero-order valence-corrected chi connectivity index (χ0v) is 20.3. The molecule has 7 nitrogen and oxygen atoms in total. The molecule has 7 heteroatoms. The molecule has 1 aliphatic heterocycles. The molecule has 0 aliphatic carbocycles. The van der Waals surface area contributed by atoms with Gasteiger partial charge in [-0.15, -0.1) is 5.10 Å². The van der Waals surface area contributed by atoms with Gasteiger partial charge in [0, 0.05) is 31.9 Å². The largest absolute Gasteiger partial charge is 0.369 e. The first-order valence-electron chi connectivity index (χ1n) is 11.7. The first-order valence-corrected chi connectivity index (χ1v) is 11.7. The van der Waals surface area contributed by atoms with E-state index in [1.807, 2.05) is 22.9 Å². The normalized spacial score (nSPS) is 15.9. The highest BCUT2D eigenvalue weighted by Gasteiger charge is 2.34. The molecular weight excluding hydrogens is 410 g/mol. The lowest BCUT2D eigenvalue weighted by Gasteiger charge is -2.41. The van der Waals surface area contributed by atoms with Gasteiger partial charge in [-0.25, -0.2) is 4.68 Å². The molecule has 0 unspecified atom stereocenters. The number of piperazine rings is 1. The number of nitriles is 1. The van der Waals surface area contributed by atoms with Gasteiger partial charge >= 0.3 is 0 Å². The Labute approximate surface area is 196 Å². The zero-order chi connectivity index (χ0) is 23.6. The van der Waals surface area contributed by atoms with Crippen LogP contribution in [0, 0.1) is 25.2 Å². The number of aryl methyl sites for hydroxylation is 1. The van der Waals surface area contributed by atoms with E-state index in [0.717, 1.165) is 44.0 Å². The lowest BCUT2D eigenvalue weighted by atomic mass is 9.98. The van der Waals surface area contributed by atoms with Gasteiger partial charge in [0.05, 0.1) is 23.2 Å². The predicted octanol–water partition coefficient (Wildman–Crippen LogP) is 4.22. The lowest BCUT2D eigenvalue weighted by Crippen LogP contribution is -2.49. The number of benzene rings is 2. The van der Waals surface area contributed by atoms with E-state index < -0.39 is 0 Å². The maximum atomic E-state index is 9.50. The molecule has 33 heavy (non-hydrogen) atoms. The van der Waals surface area contributed by atoms with E-state index in [1.54, 1.807) is 0 Å². The number of hydrogen-bond donors (Lipinski definition) is 0. The minimum absolute atomic E-state index is 0.111. The number of tetrazole rings is 1. The van der Waals surface area contributed by atoms with E-state index in [1.165, 1.54) is 16.8 Å². The number of nitrogens with zero attached hydrogens (tertiary/aromatic N) is 7. The van der Waals surface area contributed by atoms with E-state index in [-0.39, 0.29) is 11.6 Å². The van der Waals surface area contributed by atoms with Crippen LogP contribution in [0.5, 0.6) is 0 Å². The predicted molar refractivity (Wildman–Crippen MR) is 130 cm³/mol. The first kappa shape index (κ1) is 22.9. The topological polar surface area (TPSA) is 73.9 Å². The van der Waals surface area contributed by atoms with Crippen LogP contribution in [0.25, 0.3) is 0 Å². The highest BCUT2D eigenvalue weighted by Crippen LogP contribution is 2.33. The van der Waals surface area contributed by atoms with Crippen LogP contribution < -0.4 is 4.90 Å². The molecule has 0 bridgehead atoms. The Morgan fingerprint density at radius 1 is 1.06 bits per heavy atom. The SMILES string of the molecule is CCC(C)(C)n1nnnc1[C@H](c1cccc(C#N)c1)N1CCN(c2cccc(C)c2C)CC1. The van der Waals surface area contributed by atoms with Crippen LogP contribution in [0.3, 0.4) is 0 Å². The van der Waals surface area contributed by atoms with E-state index in [9.17, 15) is 5.26 Å². The average molecular weight is 444 g/mol. The van der Waals surface area contributed by atoms with E-state index in [2.05, 4.69) is 90.3 Å². The summed E-state index contributed by atoms with van der Waals surface area (Å²) in [6.07, 6.45) is 0.913. The van der Waals surface area contributed by atoms with Crippen molar-refractivity contribution in [3.8, 4) is 6.07 Å². The molecule has 2 aromatic carbocycles. The summed E-state index contributed by atoms with van der Waals surface area (Å²) in [5.74, 6) is 0.831. The number of rotatable bonds is 6.